The molecule has 1 amide bonds. The van der Waals surface area contributed by atoms with Gasteiger partial charge in [-0.25, -0.2) is 0 Å². The summed E-state index contributed by atoms with van der Waals surface area (Å²) in [5.41, 5.74) is 2.15. The predicted molar refractivity (Wildman–Crippen MR) is 124 cm³/mol. The number of rotatable bonds is 7. The monoisotopic (exact) mass is 421 g/mol. The topological polar surface area (TPSA) is 36.0 Å². The second-order valence-electron chi connectivity index (χ2n) is 8.94. The molecule has 0 atom stereocenters. The smallest absolute Gasteiger partial charge is 0.248 e. The maximum atomic E-state index is 12.9. The lowest BCUT2D eigenvalue weighted by atomic mass is 9.96. The van der Waals surface area contributed by atoms with Crippen molar-refractivity contribution in [1.29, 1.82) is 0 Å². The number of carbonyl (C=O) groups is 1. The van der Waals surface area contributed by atoms with Crippen LogP contribution in [0.1, 0.15) is 30.1 Å². The summed E-state index contributed by atoms with van der Waals surface area (Å²) >= 11 is 0. The van der Waals surface area contributed by atoms with Crippen LogP contribution in [0.4, 0.5) is 0 Å². The number of likely N-dealkylation sites (tertiary alicyclic amines) is 1. The quantitative estimate of drug-likeness (QED) is 0.688. The van der Waals surface area contributed by atoms with E-state index in [0.717, 1.165) is 37.1 Å². The maximum absolute atomic E-state index is 12.9. The van der Waals surface area contributed by atoms with E-state index in [9.17, 15) is 4.79 Å². The van der Waals surface area contributed by atoms with Crippen LogP contribution in [0.5, 0.6) is 0 Å². The minimum absolute atomic E-state index is 0.106. The lowest BCUT2D eigenvalue weighted by Gasteiger charge is -2.38. The van der Waals surface area contributed by atoms with Crippen LogP contribution >= 0.6 is 0 Å². The van der Waals surface area contributed by atoms with Crippen molar-refractivity contribution in [3.05, 3.63) is 71.8 Å². The number of carbonyl (C=O) groups excluding carboxylic acids is 1. The Balaban J connectivity index is 1.27. The SMILES string of the molecule is CN1CCN(CC2CCN(C(=O)COC(c3ccccc3)c3ccccc3)CC2)CC1. The van der Waals surface area contributed by atoms with Gasteiger partial charge in [-0.1, -0.05) is 60.7 Å². The number of ether oxygens (including phenoxy) is 1. The molecule has 5 nitrogen and oxygen atoms in total. The molecule has 0 bridgehead atoms. The molecular weight excluding hydrogens is 386 g/mol. The van der Waals surface area contributed by atoms with Crippen molar-refractivity contribution < 1.29 is 9.53 Å². The van der Waals surface area contributed by atoms with Gasteiger partial charge in [-0.05, 0) is 36.9 Å². The molecular formula is C26H35N3O2. The second-order valence-corrected chi connectivity index (χ2v) is 8.94. The summed E-state index contributed by atoms with van der Waals surface area (Å²) in [6.07, 6.45) is 1.97. The van der Waals surface area contributed by atoms with Gasteiger partial charge >= 0.3 is 0 Å². The fraction of sp³-hybridized carbons (Fsp3) is 0.500. The Hall–Kier alpha value is -2.21. The van der Waals surface area contributed by atoms with Crippen molar-refractivity contribution >= 4 is 5.91 Å². The Bertz CT molecular complexity index is 758. The molecule has 2 aliphatic rings. The molecule has 2 fully saturated rings. The van der Waals surface area contributed by atoms with Gasteiger partial charge in [0, 0.05) is 45.8 Å². The van der Waals surface area contributed by atoms with Crippen LogP contribution < -0.4 is 0 Å². The summed E-state index contributed by atoms with van der Waals surface area (Å²) in [7, 11) is 2.20. The summed E-state index contributed by atoms with van der Waals surface area (Å²) in [5, 5.41) is 0. The summed E-state index contributed by atoms with van der Waals surface area (Å²) in [4.78, 5) is 19.9. The maximum Gasteiger partial charge on any atom is 0.248 e. The Morgan fingerprint density at radius 3 is 1.97 bits per heavy atom. The first kappa shape index (κ1) is 22.0. The highest BCUT2D eigenvalue weighted by Crippen LogP contribution is 2.26. The molecule has 0 aliphatic carbocycles. The number of nitrogens with zero attached hydrogens (tertiary/aromatic N) is 3. The van der Waals surface area contributed by atoms with Gasteiger partial charge in [0.2, 0.25) is 5.91 Å². The summed E-state index contributed by atoms with van der Waals surface area (Å²) in [6.45, 7) is 7.67. The van der Waals surface area contributed by atoms with Crippen LogP contribution in [0.15, 0.2) is 60.7 Å². The van der Waals surface area contributed by atoms with Crippen molar-refractivity contribution in [2.75, 3.05) is 59.5 Å². The van der Waals surface area contributed by atoms with E-state index in [1.165, 1.54) is 32.7 Å². The van der Waals surface area contributed by atoms with Crippen molar-refractivity contribution in [3.8, 4) is 0 Å². The van der Waals surface area contributed by atoms with E-state index >= 15 is 0 Å². The van der Waals surface area contributed by atoms with Crippen LogP contribution in [0.3, 0.4) is 0 Å². The summed E-state index contributed by atoms with van der Waals surface area (Å²) in [6, 6.07) is 20.3. The normalized spacial score (nSPS) is 19.1. The fourth-order valence-electron chi connectivity index (χ4n) is 4.65. The van der Waals surface area contributed by atoms with E-state index in [1.54, 1.807) is 0 Å². The first-order valence-electron chi connectivity index (χ1n) is 11.6. The standard InChI is InChI=1S/C26H35N3O2/c1-27-16-18-28(19-17-27)20-22-12-14-29(15-13-22)25(30)21-31-26(23-8-4-2-5-9-23)24-10-6-3-7-11-24/h2-11,22,26H,12-21H2,1H3. The van der Waals surface area contributed by atoms with Crippen LogP contribution in [0.2, 0.25) is 0 Å². The lowest BCUT2D eigenvalue weighted by Crippen LogP contribution is -2.48. The summed E-state index contributed by atoms with van der Waals surface area (Å²) in [5.74, 6) is 0.810. The summed E-state index contributed by atoms with van der Waals surface area (Å²) < 4.78 is 6.18. The molecule has 2 saturated heterocycles. The Morgan fingerprint density at radius 2 is 1.42 bits per heavy atom. The number of piperazine rings is 1. The molecule has 0 aromatic heterocycles. The molecule has 0 radical (unpaired) electrons. The Labute approximate surface area is 186 Å². The molecule has 2 heterocycles. The highest BCUT2D eigenvalue weighted by atomic mass is 16.5. The van der Waals surface area contributed by atoms with Gasteiger partial charge in [0.15, 0.2) is 0 Å². The van der Waals surface area contributed by atoms with Gasteiger partial charge in [-0.2, -0.15) is 0 Å². The molecule has 5 heteroatoms. The van der Waals surface area contributed by atoms with Gasteiger partial charge in [-0.15, -0.1) is 0 Å². The zero-order chi connectivity index (χ0) is 21.5. The minimum atomic E-state index is -0.221. The van der Waals surface area contributed by atoms with Gasteiger partial charge in [-0.3, -0.25) is 4.79 Å². The molecule has 0 spiro atoms. The number of hydrogen-bond donors (Lipinski definition) is 0. The van der Waals surface area contributed by atoms with Gasteiger partial charge in [0.1, 0.15) is 12.7 Å². The number of piperidine rings is 1. The average Bonchev–Trinajstić information content (AvgIpc) is 2.82. The first-order valence-corrected chi connectivity index (χ1v) is 11.6. The van der Waals surface area contributed by atoms with E-state index < -0.39 is 0 Å². The third-order valence-electron chi connectivity index (χ3n) is 6.66. The van der Waals surface area contributed by atoms with Crippen LogP contribution in [-0.4, -0.2) is 80.1 Å². The predicted octanol–water partition coefficient (Wildman–Crippen LogP) is 3.28. The lowest BCUT2D eigenvalue weighted by molar-refractivity contribution is -0.139. The Morgan fingerprint density at radius 1 is 0.871 bits per heavy atom. The van der Waals surface area contributed by atoms with Gasteiger partial charge in [0.25, 0.3) is 0 Å². The van der Waals surface area contributed by atoms with Crippen molar-refractivity contribution in [1.82, 2.24) is 14.7 Å². The number of amides is 1. The molecule has 2 aromatic carbocycles. The van der Waals surface area contributed by atoms with E-state index in [2.05, 4.69) is 41.1 Å². The number of benzene rings is 2. The number of hydrogen-bond acceptors (Lipinski definition) is 4. The van der Waals surface area contributed by atoms with Crippen LogP contribution in [0, 0.1) is 5.92 Å². The van der Waals surface area contributed by atoms with E-state index in [-0.39, 0.29) is 18.6 Å². The molecule has 0 saturated carbocycles. The average molecular weight is 422 g/mol. The van der Waals surface area contributed by atoms with E-state index in [4.69, 9.17) is 4.74 Å². The first-order chi connectivity index (χ1) is 15.2. The van der Waals surface area contributed by atoms with Crippen molar-refractivity contribution in [2.45, 2.75) is 18.9 Å². The van der Waals surface area contributed by atoms with Crippen LogP contribution in [-0.2, 0) is 9.53 Å². The third kappa shape index (κ3) is 6.16. The van der Waals surface area contributed by atoms with Gasteiger partial charge < -0.3 is 19.4 Å². The van der Waals surface area contributed by atoms with Crippen molar-refractivity contribution in [2.24, 2.45) is 5.92 Å². The molecule has 31 heavy (non-hydrogen) atoms. The van der Waals surface area contributed by atoms with E-state index in [0.29, 0.717) is 5.92 Å². The largest absolute Gasteiger partial charge is 0.359 e. The van der Waals surface area contributed by atoms with Crippen LogP contribution in [0.25, 0.3) is 0 Å². The third-order valence-corrected chi connectivity index (χ3v) is 6.66. The highest BCUT2D eigenvalue weighted by Gasteiger charge is 2.26. The van der Waals surface area contributed by atoms with Gasteiger partial charge in [0.05, 0.1) is 0 Å². The molecule has 4 rings (SSSR count). The van der Waals surface area contributed by atoms with E-state index in [1.807, 2.05) is 41.3 Å². The zero-order valence-corrected chi connectivity index (χ0v) is 18.7. The molecule has 0 N–H and O–H groups in total. The Kier molecular flexibility index (Phi) is 7.73. The molecule has 2 aromatic rings. The highest BCUT2D eigenvalue weighted by molar-refractivity contribution is 5.77. The molecule has 0 unspecified atom stereocenters. The second kappa shape index (κ2) is 10.9. The zero-order valence-electron chi connectivity index (χ0n) is 18.7. The van der Waals surface area contributed by atoms with Crippen molar-refractivity contribution in [3.63, 3.8) is 0 Å². The number of likely N-dealkylation sites (N-methyl/N-ethyl adjacent to an activating group) is 1. The fourth-order valence-corrected chi connectivity index (χ4v) is 4.65. The molecule has 166 valence electrons. The minimum Gasteiger partial charge on any atom is -0.359 e. The molecule has 2 aliphatic heterocycles.